The molecule has 0 bridgehead atoms. The largest absolute Gasteiger partial charge is 0.481 e. The Morgan fingerprint density at radius 1 is 1.25 bits per heavy atom. The number of aliphatic carboxylic acids is 1. The average Bonchev–Trinajstić information content (AvgIpc) is 2.12. The molecule has 0 heterocycles. The number of hydrogen-bond acceptors (Lipinski definition) is 4. The summed E-state index contributed by atoms with van der Waals surface area (Å²) in [5, 5.41) is 9.63. The first kappa shape index (κ1) is 14.9. The molecular weight excluding hydrogens is 234 g/mol. The third-order valence-electron chi connectivity index (χ3n) is 1.94. The van der Waals surface area contributed by atoms with Crippen molar-refractivity contribution in [3.05, 3.63) is 0 Å². The Balaban J connectivity index is 4.51. The lowest BCUT2D eigenvalue weighted by Gasteiger charge is -2.14. The van der Waals surface area contributed by atoms with E-state index >= 15 is 0 Å². The van der Waals surface area contributed by atoms with Crippen molar-refractivity contribution in [2.24, 2.45) is 0 Å². The van der Waals surface area contributed by atoms with Crippen LogP contribution in [0.15, 0.2) is 0 Å². The number of carbonyl (C=O) groups excluding carboxylic acids is 1. The van der Waals surface area contributed by atoms with Crippen LogP contribution in [0, 0.1) is 0 Å². The van der Waals surface area contributed by atoms with Gasteiger partial charge in [-0.3, -0.25) is 9.59 Å². The summed E-state index contributed by atoms with van der Waals surface area (Å²) >= 11 is 0. The van der Waals surface area contributed by atoms with Gasteiger partial charge in [0.25, 0.3) is 0 Å². The predicted molar refractivity (Wildman–Crippen MR) is 58.8 cm³/mol. The SMILES string of the molecule is CC(C)NC(=O)C(C)S(=O)(=O)CCC(=O)O. The highest BCUT2D eigenvalue weighted by Crippen LogP contribution is 2.04. The Labute approximate surface area is 95.0 Å². The molecule has 0 rings (SSSR count). The zero-order valence-corrected chi connectivity index (χ0v) is 10.4. The predicted octanol–water partition coefficient (Wildman–Crippen LogP) is -0.211. The number of hydrogen-bond donors (Lipinski definition) is 2. The molecule has 0 aliphatic heterocycles. The second-order valence-electron chi connectivity index (χ2n) is 3.82. The minimum absolute atomic E-state index is 0.148. The van der Waals surface area contributed by atoms with Crippen LogP contribution in [-0.4, -0.2) is 42.4 Å². The highest BCUT2D eigenvalue weighted by atomic mass is 32.2. The maximum Gasteiger partial charge on any atom is 0.304 e. The van der Waals surface area contributed by atoms with Crippen molar-refractivity contribution >= 4 is 21.7 Å². The quantitative estimate of drug-likeness (QED) is 0.680. The van der Waals surface area contributed by atoms with Crippen LogP contribution < -0.4 is 5.32 Å². The molecule has 94 valence electrons. The van der Waals surface area contributed by atoms with E-state index in [0.29, 0.717) is 0 Å². The van der Waals surface area contributed by atoms with Gasteiger partial charge in [0.2, 0.25) is 5.91 Å². The van der Waals surface area contributed by atoms with Crippen molar-refractivity contribution in [1.82, 2.24) is 5.32 Å². The summed E-state index contributed by atoms with van der Waals surface area (Å²) in [6.45, 7) is 4.69. The van der Waals surface area contributed by atoms with Gasteiger partial charge in [0, 0.05) is 6.04 Å². The van der Waals surface area contributed by atoms with E-state index in [1.54, 1.807) is 13.8 Å². The molecule has 0 spiro atoms. The van der Waals surface area contributed by atoms with Crippen LogP contribution in [-0.2, 0) is 19.4 Å². The van der Waals surface area contributed by atoms with E-state index in [1.807, 2.05) is 0 Å². The van der Waals surface area contributed by atoms with Gasteiger partial charge in [-0.1, -0.05) is 0 Å². The first-order chi connectivity index (χ1) is 7.16. The fraction of sp³-hybridized carbons (Fsp3) is 0.778. The fourth-order valence-electron chi connectivity index (χ4n) is 0.971. The van der Waals surface area contributed by atoms with Gasteiger partial charge in [-0.15, -0.1) is 0 Å². The molecular formula is C9H17NO5S. The third kappa shape index (κ3) is 5.11. The van der Waals surface area contributed by atoms with Crippen molar-refractivity contribution in [1.29, 1.82) is 0 Å². The number of carbonyl (C=O) groups is 2. The molecule has 0 saturated carbocycles. The van der Waals surface area contributed by atoms with Crippen LogP contribution in [0.2, 0.25) is 0 Å². The van der Waals surface area contributed by atoms with E-state index in [2.05, 4.69) is 5.32 Å². The van der Waals surface area contributed by atoms with Gasteiger partial charge in [0.15, 0.2) is 9.84 Å². The van der Waals surface area contributed by atoms with Crippen molar-refractivity contribution in [2.45, 2.75) is 38.5 Å². The number of nitrogens with one attached hydrogen (secondary N) is 1. The standard InChI is InChI=1S/C9H17NO5S/c1-6(2)10-9(13)7(3)16(14,15)5-4-8(11)12/h6-7H,4-5H2,1-3H3,(H,10,13)(H,11,12). The van der Waals surface area contributed by atoms with E-state index in [-0.39, 0.29) is 6.04 Å². The zero-order valence-electron chi connectivity index (χ0n) is 9.56. The smallest absolute Gasteiger partial charge is 0.304 e. The van der Waals surface area contributed by atoms with Gasteiger partial charge >= 0.3 is 5.97 Å². The molecule has 1 amide bonds. The lowest BCUT2D eigenvalue weighted by molar-refractivity contribution is -0.136. The summed E-state index contributed by atoms with van der Waals surface area (Å²) in [6, 6.07) is -0.148. The lowest BCUT2D eigenvalue weighted by atomic mass is 10.3. The summed E-state index contributed by atoms with van der Waals surface area (Å²) in [5.41, 5.74) is 0. The molecule has 1 atom stereocenters. The van der Waals surface area contributed by atoms with Crippen LogP contribution in [0.1, 0.15) is 27.2 Å². The summed E-state index contributed by atoms with van der Waals surface area (Å²) in [4.78, 5) is 21.7. The normalized spacial score (nSPS) is 13.5. The van der Waals surface area contributed by atoms with Gasteiger partial charge in [0.05, 0.1) is 12.2 Å². The maximum atomic E-state index is 11.5. The molecule has 1 unspecified atom stereocenters. The molecule has 0 aliphatic rings. The number of amides is 1. The van der Waals surface area contributed by atoms with Gasteiger partial charge < -0.3 is 10.4 Å². The van der Waals surface area contributed by atoms with E-state index in [9.17, 15) is 18.0 Å². The molecule has 0 fully saturated rings. The van der Waals surface area contributed by atoms with Crippen molar-refractivity contribution in [3.8, 4) is 0 Å². The molecule has 2 N–H and O–H groups in total. The third-order valence-corrected chi connectivity index (χ3v) is 4.00. The van der Waals surface area contributed by atoms with Crippen LogP contribution >= 0.6 is 0 Å². The van der Waals surface area contributed by atoms with Crippen LogP contribution in [0.25, 0.3) is 0 Å². The summed E-state index contributed by atoms with van der Waals surface area (Å²) in [7, 11) is -3.69. The van der Waals surface area contributed by atoms with E-state index in [1.165, 1.54) is 6.92 Å². The summed E-state index contributed by atoms with van der Waals surface area (Å²) in [6.07, 6.45) is -0.484. The first-order valence-corrected chi connectivity index (χ1v) is 6.62. The minimum atomic E-state index is -3.69. The molecule has 6 nitrogen and oxygen atoms in total. The molecule has 0 aromatic carbocycles. The van der Waals surface area contributed by atoms with E-state index < -0.39 is 39.1 Å². The minimum Gasteiger partial charge on any atom is -0.481 e. The first-order valence-electron chi connectivity index (χ1n) is 4.90. The van der Waals surface area contributed by atoms with Crippen LogP contribution in [0.3, 0.4) is 0 Å². The Bertz CT molecular complexity index is 360. The second kappa shape index (κ2) is 5.83. The number of sulfone groups is 1. The van der Waals surface area contributed by atoms with E-state index in [4.69, 9.17) is 5.11 Å². The van der Waals surface area contributed by atoms with Gasteiger partial charge in [-0.05, 0) is 20.8 Å². The monoisotopic (exact) mass is 251 g/mol. The van der Waals surface area contributed by atoms with Crippen LogP contribution in [0.4, 0.5) is 0 Å². The fourth-order valence-corrected chi connectivity index (χ4v) is 2.18. The molecule has 0 aromatic heterocycles. The average molecular weight is 251 g/mol. The maximum absolute atomic E-state index is 11.5. The topological polar surface area (TPSA) is 101 Å². The molecule has 0 saturated heterocycles. The van der Waals surface area contributed by atoms with E-state index in [0.717, 1.165) is 0 Å². The highest BCUT2D eigenvalue weighted by molar-refractivity contribution is 7.92. The Kier molecular flexibility index (Phi) is 5.43. The number of carboxylic acid groups (broad SMARTS) is 1. The van der Waals surface area contributed by atoms with Crippen molar-refractivity contribution < 1.29 is 23.1 Å². The lowest BCUT2D eigenvalue weighted by Crippen LogP contribution is -2.42. The molecule has 0 aromatic rings. The molecule has 7 heteroatoms. The second-order valence-corrected chi connectivity index (χ2v) is 6.26. The van der Waals surface area contributed by atoms with Gasteiger partial charge in [0.1, 0.15) is 5.25 Å². The molecule has 0 radical (unpaired) electrons. The molecule has 0 aliphatic carbocycles. The Morgan fingerprint density at radius 2 is 1.75 bits per heavy atom. The Hall–Kier alpha value is -1.11. The van der Waals surface area contributed by atoms with Gasteiger partial charge in [-0.2, -0.15) is 0 Å². The number of rotatable bonds is 6. The van der Waals surface area contributed by atoms with Gasteiger partial charge in [-0.25, -0.2) is 8.42 Å². The summed E-state index contributed by atoms with van der Waals surface area (Å²) in [5.74, 6) is -2.31. The van der Waals surface area contributed by atoms with Crippen molar-refractivity contribution in [2.75, 3.05) is 5.75 Å². The number of carboxylic acids is 1. The zero-order chi connectivity index (χ0) is 12.9. The summed E-state index contributed by atoms with van der Waals surface area (Å²) < 4.78 is 23.1. The van der Waals surface area contributed by atoms with Crippen molar-refractivity contribution in [3.63, 3.8) is 0 Å². The van der Waals surface area contributed by atoms with Crippen LogP contribution in [0.5, 0.6) is 0 Å². The highest BCUT2D eigenvalue weighted by Gasteiger charge is 2.28. The molecule has 16 heavy (non-hydrogen) atoms. The Morgan fingerprint density at radius 3 is 2.12 bits per heavy atom.